The molecule has 2 N–H and O–H groups in total. The second-order valence-electron chi connectivity index (χ2n) is 4.27. The van der Waals surface area contributed by atoms with Gasteiger partial charge in [0, 0.05) is 4.88 Å². The summed E-state index contributed by atoms with van der Waals surface area (Å²) in [4.78, 5) is 0.822. The van der Waals surface area contributed by atoms with Crippen molar-refractivity contribution in [3.05, 3.63) is 22.4 Å². The van der Waals surface area contributed by atoms with Gasteiger partial charge in [0.15, 0.2) is 0 Å². The minimum atomic E-state index is -0.764. The minimum Gasteiger partial charge on any atom is -0.389 e. The van der Waals surface area contributed by atoms with Gasteiger partial charge in [-0.1, -0.05) is 26.8 Å². The highest BCUT2D eigenvalue weighted by atomic mass is 32.1. The zero-order valence-corrected chi connectivity index (χ0v) is 9.01. The molecule has 0 amide bonds. The fourth-order valence-electron chi connectivity index (χ4n) is 1.09. The third kappa shape index (κ3) is 2.53. The van der Waals surface area contributed by atoms with Gasteiger partial charge in [-0.2, -0.15) is 0 Å². The largest absolute Gasteiger partial charge is 0.389 e. The van der Waals surface area contributed by atoms with E-state index in [0.717, 1.165) is 4.88 Å². The molecule has 0 aliphatic heterocycles. The first kappa shape index (κ1) is 10.7. The molecule has 74 valence electrons. The molecule has 1 aromatic rings. The Bertz CT molecular complexity index is 248. The Balaban J connectivity index is 2.74. The molecule has 0 aliphatic rings. The van der Waals surface area contributed by atoms with Crippen LogP contribution in [-0.4, -0.2) is 16.3 Å². The molecule has 13 heavy (non-hydrogen) atoms. The number of hydrogen-bond acceptors (Lipinski definition) is 3. The lowest BCUT2D eigenvalue weighted by molar-refractivity contribution is -0.0442. The van der Waals surface area contributed by atoms with Crippen molar-refractivity contribution in [1.29, 1.82) is 0 Å². The first-order valence-corrected chi connectivity index (χ1v) is 5.20. The maximum atomic E-state index is 9.78. The molecule has 0 aromatic carbocycles. The average molecular weight is 200 g/mol. The highest BCUT2D eigenvalue weighted by Gasteiger charge is 2.30. The van der Waals surface area contributed by atoms with Crippen molar-refractivity contribution >= 4 is 11.3 Å². The van der Waals surface area contributed by atoms with E-state index in [1.54, 1.807) is 0 Å². The molecule has 0 fully saturated rings. The predicted octanol–water partition coefficient (Wildman–Crippen LogP) is 2.19. The zero-order chi connectivity index (χ0) is 10.1. The van der Waals surface area contributed by atoms with Crippen molar-refractivity contribution < 1.29 is 10.2 Å². The van der Waals surface area contributed by atoms with E-state index >= 15 is 0 Å². The molecule has 0 spiro atoms. The third-order valence-electron chi connectivity index (χ3n) is 2.02. The lowest BCUT2D eigenvalue weighted by Gasteiger charge is -2.29. The van der Waals surface area contributed by atoms with E-state index in [2.05, 4.69) is 0 Å². The molecule has 0 aliphatic carbocycles. The molecule has 2 atom stereocenters. The predicted molar refractivity (Wildman–Crippen MR) is 54.7 cm³/mol. The lowest BCUT2D eigenvalue weighted by Crippen LogP contribution is -2.31. The molecule has 2 nitrogen and oxygen atoms in total. The Morgan fingerprint density at radius 1 is 1.31 bits per heavy atom. The van der Waals surface area contributed by atoms with E-state index in [4.69, 9.17) is 0 Å². The first-order chi connectivity index (χ1) is 5.93. The molecule has 0 saturated heterocycles. The van der Waals surface area contributed by atoms with E-state index in [1.165, 1.54) is 11.3 Å². The maximum Gasteiger partial charge on any atom is 0.114 e. The minimum absolute atomic E-state index is 0.288. The Labute approximate surface area is 82.8 Å². The first-order valence-electron chi connectivity index (χ1n) is 4.32. The van der Waals surface area contributed by atoms with E-state index in [-0.39, 0.29) is 5.41 Å². The van der Waals surface area contributed by atoms with Gasteiger partial charge in [-0.05, 0) is 16.9 Å². The van der Waals surface area contributed by atoms with E-state index in [0.29, 0.717) is 0 Å². The summed E-state index contributed by atoms with van der Waals surface area (Å²) in [6.45, 7) is 5.73. The molecule has 3 heteroatoms. The summed E-state index contributed by atoms with van der Waals surface area (Å²) in [6, 6.07) is 3.71. The van der Waals surface area contributed by atoms with Crippen LogP contribution in [0.1, 0.15) is 31.8 Å². The molecule has 0 bridgehead atoms. The van der Waals surface area contributed by atoms with Gasteiger partial charge in [0.05, 0.1) is 6.10 Å². The third-order valence-corrected chi connectivity index (χ3v) is 2.96. The number of aliphatic hydroxyl groups excluding tert-OH is 2. The summed E-state index contributed by atoms with van der Waals surface area (Å²) >= 11 is 1.47. The van der Waals surface area contributed by atoms with Crippen LogP contribution >= 0.6 is 11.3 Å². The number of hydrogen-bond donors (Lipinski definition) is 2. The van der Waals surface area contributed by atoms with E-state index in [9.17, 15) is 10.2 Å². The fraction of sp³-hybridized carbons (Fsp3) is 0.600. The Morgan fingerprint density at radius 2 is 1.92 bits per heavy atom. The van der Waals surface area contributed by atoms with Gasteiger partial charge in [0.2, 0.25) is 0 Å². The van der Waals surface area contributed by atoms with Crippen molar-refractivity contribution in [3.8, 4) is 0 Å². The van der Waals surface area contributed by atoms with Crippen LogP contribution in [0.2, 0.25) is 0 Å². The Morgan fingerprint density at radius 3 is 2.31 bits per heavy atom. The zero-order valence-electron chi connectivity index (χ0n) is 8.19. The van der Waals surface area contributed by atoms with E-state index in [1.807, 2.05) is 38.3 Å². The summed E-state index contributed by atoms with van der Waals surface area (Å²) in [5.41, 5.74) is -0.288. The van der Waals surface area contributed by atoms with Gasteiger partial charge in [0.1, 0.15) is 6.10 Å². The van der Waals surface area contributed by atoms with Crippen LogP contribution in [0.4, 0.5) is 0 Å². The number of aliphatic hydroxyl groups is 2. The van der Waals surface area contributed by atoms with Crippen molar-refractivity contribution in [2.75, 3.05) is 0 Å². The lowest BCUT2D eigenvalue weighted by atomic mass is 9.85. The molecular formula is C10H16O2S. The SMILES string of the molecule is CC(C)(C)C(O)C(O)c1cccs1. The summed E-state index contributed by atoms with van der Waals surface area (Å²) in [6.07, 6.45) is -1.48. The quantitative estimate of drug-likeness (QED) is 0.768. The van der Waals surface area contributed by atoms with Gasteiger partial charge in [-0.15, -0.1) is 11.3 Å². The maximum absolute atomic E-state index is 9.78. The van der Waals surface area contributed by atoms with Crippen LogP contribution in [0.25, 0.3) is 0 Å². The van der Waals surface area contributed by atoms with Crippen LogP contribution in [0.15, 0.2) is 17.5 Å². The Hall–Kier alpha value is -0.380. The second-order valence-corrected chi connectivity index (χ2v) is 5.25. The molecular weight excluding hydrogens is 184 g/mol. The van der Waals surface area contributed by atoms with Gasteiger partial charge in [-0.3, -0.25) is 0 Å². The number of thiophene rings is 1. The topological polar surface area (TPSA) is 40.5 Å². The van der Waals surface area contributed by atoms with Crippen LogP contribution < -0.4 is 0 Å². The second kappa shape index (κ2) is 3.78. The highest BCUT2D eigenvalue weighted by molar-refractivity contribution is 7.10. The standard InChI is InChI=1S/C10H16O2S/c1-10(2,3)9(12)8(11)7-5-4-6-13-7/h4-6,8-9,11-12H,1-3H3. The van der Waals surface area contributed by atoms with Crippen molar-refractivity contribution in [1.82, 2.24) is 0 Å². The average Bonchev–Trinajstić information content (AvgIpc) is 2.51. The molecule has 0 saturated carbocycles. The van der Waals surface area contributed by atoms with Crippen molar-refractivity contribution in [3.63, 3.8) is 0 Å². The summed E-state index contributed by atoms with van der Waals surface area (Å²) < 4.78 is 0. The van der Waals surface area contributed by atoms with Gasteiger partial charge >= 0.3 is 0 Å². The Kier molecular flexibility index (Phi) is 3.11. The van der Waals surface area contributed by atoms with Crippen molar-refractivity contribution in [2.24, 2.45) is 5.41 Å². The normalized spacial score (nSPS) is 17.0. The van der Waals surface area contributed by atoms with Crippen LogP contribution in [0, 0.1) is 5.41 Å². The monoisotopic (exact) mass is 200 g/mol. The molecule has 2 unspecified atom stereocenters. The smallest absolute Gasteiger partial charge is 0.114 e. The van der Waals surface area contributed by atoms with E-state index < -0.39 is 12.2 Å². The van der Waals surface area contributed by atoms with Crippen LogP contribution in [0.3, 0.4) is 0 Å². The van der Waals surface area contributed by atoms with Crippen LogP contribution in [0.5, 0.6) is 0 Å². The molecule has 1 aromatic heterocycles. The fourth-order valence-corrected chi connectivity index (χ4v) is 1.83. The molecule has 1 rings (SSSR count). The summed E-state index contributed by atoms with van der Waals surface area (Å²) in [5.74, 6) is 0. The molecule has 0 radical (unpaired) electrons. The van der Waals surface area contributed by atoms with Crippen molar-refractivity contribution in [2.45, 2.75) is 33.0 Å². The molecule has 1 heterocycles. The van der Waals surface area contributed by atoms with Gasteiger partial charge in [0.25, 0.3) is 0 Å². The highest BCUT2D eigenvalue weighted by Crippen LogP contribution is 2.31. The van der Waals surface area contributed by atoms with Gasteiger partial charge < -0.3 is 10.2 Å². The van der Waals surface area contributed by atoms with Gasteiger partial charge in [-0.25, -0.2) is 0 Å². The van der Waals surface area contributed by atoms with Crippen LogP contribution in [-0.2, 0) is 0 Å². The summed E-state index contributed by atoms with van der Waals surface area (Å²) in [5, 5.41) is 21.5. The summed E-state index contributed by atoms with van der Waals surface area (Å²) in [7, 11) is 0. The number of rotatable bonds is 2.